The molecule has 0 unspecified atom stereocenters. The van der Waals surface area contributed by atoms with Crippen molar-refractivity contribution in [1.82, 2.24) is 10.2 Å². The molecule has 0 aromatic rings. The first-order chi connectivity index (χ1) is 8.11. The highest BCUT2D eigenvalue weighted by Gasteiger charge is 2.20. The summed E-state index contributed by atoms with van der Waals surface area (Å²) < 4.78 is 5.44. The Morgan fingerprint density at radius 1 is 1.24 bits per heavy atom. The van der Waals surface area contributed by atoms with Crippen molar-refractivity contribution in [2.75, 3.05) is 32.8 Å². The average Bonchev–Trinajstić information content (AvgIpc) is 2.28. The van der Waals surface area contributed by atoms with Gasteiger partial charge in [0.15, 0.2) is 0 Å². The van der Waals surface area contributed by atoms with Gasteiger partial charge in [-0.2, -0.15) is 0 Å². The maximum Gasteiger partial charge on any atom is 0.0616 e. The lowest BCUT2D eigenvalue weighted by atomic mass is 10.0. The first kappa shape index (κ1) is 14.9. The molecule has 0 saturated carbocycles. The van der Waals surface area contributed by atoms with Crippen LogP contribution in [0.15, 0.2) is 0 Å². The zero-order chi connectivity index (χ0) is 12.7. The van der Waals surface area contributed by atoms with Gasteiger partial charge in [0.05, 0.1) is 6.61 Å². The Bertz CT molecular complexity index is 189. The van der Waals surface area contributed by atoms with E-state index in [0.717, 1.165) is 19.1 Å². The van der Waals surface area contributed by atoms with Crippen LogP contribution in [-0.4, -0.2) is 49.8 Å². The highest BCUT2D eigenvalue weighted by Crippen LogP contribution is 2.12. The van der Waals surface area contributed by atoms with Gasteiger partial charge in [0, 0.05) is 25.2 Å². The maximum absolute atomic E-state index is 5.44. The first-order valence-corrected chi connectivity index (χ1v) is 7.18. The number of ether oxygens (including phenoxy) is 1. The van der Waals surface area contributed by atoms with E-state index >= 15 is 0 Å². The molecule has 0 aromatic carbocycles. The quantitative estimate of drug-likeness (QED) is 0.740. The standard InChI is InChI=1S/C14H30N2O/c1-5-17-11-13(4)15-14-6-8-16(9-7-14)10-12(2)3/h12-15H,5-11H2,1-4H3/t13-/m0/s1. The van der Waals surface area contributed by atoms with Crippen LogP contribution < -0.4 is 5.32 Å². The lowest BCUT2D eigenvalue weighted by Gasteiger charge is -2.34. The van der Waals surface area contributed by atoms with Crippen LogP contribution in [0, 0.1) is 5.92 Å². The van der Waals surface area contributed by atoms with Crippen LogP contribution in [0.5, 0.6) is 0 Å². The summed E-state index contributed by atoms with van der Waals surface area (Å²) in [5, 5.41) is 3.68. The number of likely N-dealkylation sites (tertiary alicyclic amines) is 1. The fourth-order valence-corrected chi connectivity index (χ4v) is 2.54. The molecule has 0 bridgehead atoms. The summed E-state index contributed by atoms with van der Waals surface area (Å²) in [6.45, 7) is 14.3. The molecule has 1 aliphatic rings. The highest BCUT2D eigenvalue weighted by atomic mass is 16.5. The Labute approximate surface area is 107 Å². The zero-order valence-electron chi connectivity index (χ0n) is 12.0. The van der Waals surface area contributed by atoms with E-state index in [2.05, 4.69) is 37.9 Å². The fraction of sp³-hybridized carbons (Fsp3) is 1.00. The number of nitrogens with zero attached hydrogens (tertiary/aromatic N) is 1. The van der Waals surface area contributed by atoms with Gasteiger partial charge < -0.3 is 15.0 Å². The Balaban J connectivity index is 2.14. The van der Waals surface area contributed by atoms with E-state index in [1.165, 1.54) is 32.5 Å². The molecule has 1 heterocycles. The van der Waals surface area contributed by atoms with Crippen molar-refractivity contribution in [3.05, 3.63) is 0 Å². The average molecular weight is 242 g/mol. The van der Waals surface area contributed by atoms with Crippen LogP contribution in [0.4, 0.5) is 0 Å². The van der Waals surface area contributed by atoms with Crippen LogP contribution in [0.2, 0.25) is 0 Å². The summed E-state index contributed by atoms with van der Waals surface area (Å²) in [5.41, 5.74) is 0. The topological polar surface area (TPSA) is 24.5 Å². The van der Waals surface area contributed by atoms with Crippen molar-refractivity contribution in [2.45, 2.75) is 52.6 Å². The molecule has 1 fully saturated rings. The molecule has 1 atom stereocenters. The molecule has 0 radical (unpaired) electrons. The lowest BCUT2D eigenvalue weighted by molar-refractivity contribution is 0.113. The third-order valence-electron chi connectivity index (χ3n) is 3.30. The molecule has 102 valence electrons. The van der Waals surface area contributed by atoms with Crippen LogP contribution in [0.25, 0.3) is 0 Å². The van der Waals surface area contributed by atoms with Crippen molar-refractivity contribution in [2.24, 2.45) is 5.92 Å². The van der Waals surface area contributed by atoms with Crippen LogP contribution >= 0.6 is 0 Å². The minimum Gasteiger partial charge on any atom is -0.380 e. The minimum absolute atomic E-state index is 0.483. The van der Waals surface area contributed by atoms with E-state index in [1.54, 1.807) is 0 Å². The van der Waals surface area contributed by atoms with Gasteiger partial charge in [-0.05, 0) is 45.7 Å². The molecule has 3 heteroatoms. The Kier molecular flexibility index (Phi) is 7.09. The first-order valence-electron chi connectivity index (χ1n) is 7.18. The molecule has 1 N–H and O–H groups in total. The molecule has 0 aromatic heterocycles. The predicted molar refractivity (Wildman–Crippen MR) is 73.4 cm³/mol. The number of hydrogen-bond acceptors (Lipinski definition) is 3. The van der Waals surface area contributed by atoms with E-state index in [-0.39, 0.29) is 0 Å². The third-order valence-corrected chi connectivity index (χ3v) is 3.30. The van der Waals surface area contributed by atoms with Gasteiger partial charge in [-0.1, -0.05) is 13.8 Å². The van der Waals surface area contributed by atoms with Crippen molar-refractivity contribution in [3.63, 3.8) is 0 Å². The van der Waals surface area contributed by atoms with Gasteiger partial charge in [-0.25, -0.2) is 0 Å². The smallest absolute Gasteiger partial charge is 0.0616 e. The van der Waals surface area contributed by atoms with Gasteiger partial charge in [0.2, 0.25) is 0 Å². The molecule has 3 nitrogen and oxygen atoms in total. The van der Waals surface area contributed by atoms with Crippen molar-refractivity contribution in [1.29, 1.82) is 0 Å². The fourth-order valence-electron chi connectivity index (χ4n) is 2.54. The number of nitrogens with one attached hydrogen (secondary N) is 1. The van der Waals surface area contributed by atoms with E-state index in [9.17, 15) is 0 Å². The van der Waals surface area contributed by atoms with Gasteiger partial charge in [-0.15, -0.1) is 0 Å². The molecule has 0 amide bonds. The van der Waals surface area contributed by atoms with E-state index in [1.807, 2.05) is 0 Å². The van der Waals surface area contributed by atoms with Gasteiger partial charge in [0.1, 0.15) is 0 Å². The summed E-state index contributed by atoms with van der Waals surface area (Å²) in [4.78, 5) is 2.59. The summed E-state index contributed by atoms with van der Waals surface area (Å²) in [7, 11) is 0. The van der Waals surface area contributed by atoms with Crippen molar-refractivity contribution < 1.29 is 4.74 Å². The van der Waals surface area contributed by atoms with Crippen molar-refractivity contribution >= 4 is 0 Å². The van der Waals surface area contributed by atoms with Crippen LogP contribution in [-0.2, 0) is 4.74 Å². The lowest BCUT2D eigenvalue weighted by Crippen LogP contribution is -2.47. The van der Waals surface area contributed by atoms with Gasteiger partial charge >= 0.3 is 0 Å². The zero-order valence-corrected chi connectivity index (χ0v) is 12.0. The minimum atomic E-state index is 0.483. The monoisotopic (exact) mass is 242 g/mol. The van der Waals surface area contributed by atoms with Crippen LogP contribution in [0.3, 0.4) is 0 Å². The number of hydrogen-bond donors (Lipinski definition) is 1. The molecule has 0 aliphatic carbocycles. The number of rotatable bonds is 7. The van der Waals surface area contributed by atoms with E-state index in [4.69, 9.17) is 4.74 Å². The maximum atomic E-state index is 5.44. The second-order valence-corrected chi connectivity index (χ2v) is 5.70. The summed E-state index contributed by atoms with van der Waals surface area (Å²) in [5.74, 6) is 0.788. The van der Waals surface area contributed by atoms with Gasteiger partial charge in [0.25, 0.3) is 0 Å². The largest absolute Gasteiger partial charge is 0.380 e. The Morgan fingerprint density at radius 2 is 1.88 bits per heavy atom. The summed E-state index contributed by atoms with van der Waals surface area (Å²) in [6.07, 6.45) is 2.56. The SMILES string of the molecule is CCOC[C@H](C)NC1CCN(CC(C)C)CC1. The van der Waals surface area contributed by atoms with Crippen LogP contribution in [0.1, 0.15) is 40.5 Å². The molecule has 1 rings (SSSR count). The van der Waals surface area contributed by atoms with Gasteiger partial charge in [-0.3, -0.25) is 0 Å². The summed E-state index contributed by atoms with van der Waals surface area (Å²) in [6, 6.07) is 1.17. The molecular formula is C14H30N2O. The van der Waals surface area contributed by atoms with E-state index < -0.39 is 0 Å². The molecular weight excluding hydrogens is 212 g/mol. The normalized spacial score (nSPS) is 21.0. The Hall–Kier alpha value is -0.120. The predicted octanol–water partition coefficient (Wildman–Crippen LogP) is 2.12. The molecule has 17 heavy (non-hydrogen) atoms. The molecule has 0 spiro atoms. The second kappa shape index (κ2) is 8.06. The summed E-state index contributed by atoms with van der Waals surface area (Å²) >= 11 is 0. The highest BCUT2D eigenvalue weighted by molar-refractivity contribution is 4.79. The number of piperidine rings is 1. The second-order valence-electron chi connectivity index (χ2n) is 5.70. The third kappa shape index (κ3) is 6.39. The van der Waals surface area contributed by atoms with E-state index in [0.29, 0.717) is 12.1 Å². The Morgan fingerprint density at radius 3 is 2.41 bits per heavy atom. The van der Waals surface area contributed by atoms with Crippen molar-refractivity contribution in [3.8, 4) is 0 Å². The molecule has 1 aliphatic heterocycles. The molecule has 1 saturated heterocycles.